The lowest BCUT2D eigenvalue weighted by Crippen LogP contribution is -2.39. The molecule has 1 N–H and O–H groups in total. The van der Waals surface area contributed by atoms with Crippen molar-refractivity contribution in [1.29, 1.82) is 0 Å². The van der Waals surface area contributed by atoms with Crippen molar-refractivity contribution in [2.24, 2.45) is 0 Å². The fourth-order valence-corrected chi connectivity index (χ4v) is 4.88. The second-order valence-corrected chi connectivity index (χ2v) is 10.1. The van der Waals surface area contributed by atoms with Crippen LogP contribution in [0.4, 0.5) is 5.69 Å². The highest BCUT2D eigenvalue weighted by atomic mass is 35.5. The van der Waals surface area contributed by atoms with Crippen LogP contribution < -0.4 is 10.2 Å². The van der Waals surface area contributed by atoms with Crippen LogP contribution in [0.2, 0.25) is 5.02 Å². The van der Waals surface area contributed by atoms with Crippen LogP contribution in [0.15, 0.2) is 103 Å². The highest BCUT2D eigenvalue weighted by Gasteiger charge is 2.39. The lowest BCUT2D eigenvalue weighted by molar-refractivity contribution is -0.121. The molecule has 5 rings (SSSR count). The van der Waals surface area contributed by atoms with Crippen molar-refractivity contribution in [2.75, 3.05) is 18.1 Å². The summed E-state index contributed by atoms with van der Waals surface area (Å²) >= 11 is 6.02. The Balaban J connectivity index is 1.13. The number of hydrogen-bond acceptors (Lipinski definition) is 6. The largest absolute Gasteiger partial charge is 0.454 e. The molecule has 1 heterocycles. The number of benzene rings is 4. The summed E-state index contributed by atoms with van der Waals surface area (Å²) < 4.78 is 5.22. The third kappa shape index (κ3) is 6.77. The maximum Gasteiger partial charge on any atom is 0.338 e. The van der Waals surface area contributed by atoms with E-state index in [9.17, 15) is 19.2 Å². The molecule has 1 fully saturated rings. The summed E-state index contributed by atoms with van der Waals surface area (Å²) in [4.78, 5) is 51.8. The standard InChI is InChI=1S/C33H27ClN2O5/c34-27-8-4-5-22(19-27)17-18-35-29-20-31(38)36(32(29)39)28-15-13-26(14-16-28)33(40)41-21-30(37)25-11-9-24(10-12-25)23-6-2-1-3-7-23/h1-16,19,29,35H,17-18,20-21H2. The Labute approximate surface area is 242 Å². The number of anilines is 1. The molecule has 0 aromatic heterocycles. The number of hydrogen-bond donors (Lipinski definition) is 1. The summed E-state index contributed by atoms with van der Waals surface area (Å²) in [6.45, 7) is 0.107. The molecule has 4 aromatic carbocycles. The van der Waals surface area contributed by atoms with Crippen LogP contribution in [0.3, 0.4) is 0 Å². The number of ketones is 1. The molecule has 0 bridgehead atoms. The topological polar surface area (TPSA) is 92.8 Å². The number of esters is 1. The van der Waals surface area contributed by atoms with Gasteiger partial charge in [0, 0.05) is 10.6 Å². The molecular formula is C33H27ClN2O5. The van der Waals surface area contributed by atoms with Gasteiger partial charge in [-0.25, -0.2) is 9.69 Å². The van der Waals surface area contributed by atoms with E-state index in [0.717, 1.165) is 21.6 Å². The fraction of sp³-hybridized carbons (Fsp3) is 0.152. The monoisotopic (exact) mass is 566 g/mol. The highest BCUT2D eigenvalue weighted by molar-refractivity contribution is 6.30. The van der Waals surface area contributed by atoms with E-state index in [0.29, 0.717) is 29.2 Å². The first-order valence-electron chi connectivity index (χ1n) is 13.2. The Morgan fingerprint density at radius 2 is 1.51 bits per heavy atom. The molecule has 41 heavy (non-hydrogen) atoms. The molecular weight excluding hydrogens is 540 g/mol. The van der Waals surface area contributed by atoms with E-state index in [4.69, 9.17) is 16.3 Å². The molecule has 1 aliphatic rings. The van der Waals surface area contributed by atoms with Crippen LogP contribution in [0, 0.1) is 0 Å². The van der Waals surface area contributed by atoms with Crippen LogP contribution in [-0.2, 0) is 20.7 Å². The minimum atomic E-state index is -0.676. The summed E-state index contributed by atoms with van der Waals surface area (Å²) in [6.07, 6.45) is 0.712. The lowest BCUT2D eigenvalue weighted by atomic mass is 10.0. The first-order chi connectivity index (χ1) is 19.9. The molecule has 206 valence electrons. The van der Waals surface area contributed by atoms with E-state index in [-0.39, 0.29) is 29.6 Å². The maximum atomic E-state index is 12.9. The number of ether oxygens (including phenoxy) is 1. The van der Waals surface area contributed by atoms with Gasteiger partial charge in [-0.05, 0) is 66.1 Å². The second-order valence-electron chi connectivity index (χ2n) is 9.65. The Bertz CT molecular complexity index is 1570. The number of amides is 2. The molecule has 0 saturated carbocycles. The van der Waals surface area contributed by atoms with Crippen LogP contribution in [-0.4, -0.2) is 42.8 Å². The molecule has 0 aliphatic carbocycles. The van der Waals surface area contributed by atoms with Gasteiger partial charge in [0.2, 0.25) is 5.91 Å². The van der Waals surface area contributed by atoms with Gasteiger partial charge in [-0.15, -0.1) is 0 Å². The van der Waals surface area contributed by atoms with Crippen LogP contribution >= 0.6 is 11.6 Å². The zero-order valence-electron chi connectivity index (χ0n) is 22.1. The van der Waals surface area contributed by atoms with E-state index < -0.39 is 18.6 Å². The molecule has 8 heteroatoms. The number of carbonyl (C=O) groups is 4. The Morgan fingerprint density at radius 1 is 0.829 bits per heavy atom. The molecule has 1 aliphatic heterocycles. The average Bonchev–Trinajstić information content (AvgIpc) is 3.28. The molecule has 0 radical (unpaired) electrons. The summed E-state index contributed by atoms with van der Waals surface area (Å²) in [6, 6.07) is 29.7. The number of Topliss-reactive ketones (excluding diaryl/α,β-unsaturated/α-hetero) is 1. The molecule has 0 spiro atoms. The fourth-order valence-electron chi connectivity index (χ4n) is 4.67. The zero-order valence-corrected chi connectivity index (χ0v) is 22.8. The van der Waals surface area contributed by atoms with Crippen molar-refractivity contribution in [3.63, 3.8) is 0 Å². The van der Waals surface area contributed by atoms with Crippen LogP contribution in [0.25, 0.3) is 11.1 Å². The van der Waals surface area contributed by atoms with Gasteiger partial charge >= 0.3 is 5.97 Å². The van der Waals surface area contributed by atoms with Crippen molar-refractivity contribution in [2.45, 2.75) is 18.9 Å². The van der Waals surface area contributed by atoms with Gasteiger partial charge in [0.15, 0.2) is 12.4 Å². The summed E-state index contributed by atoms with van der Waals surface area (Å²) in [5.74, 6) is -1.67. The van der Waals surface area contributed by atoms with E-state index in [1.54, 1.807) is 18.2 Å². The van der Waals surface area contributed by atoms with E-state index in [1.807, 2.05) is 60.7 Å². The van der Waals surface area contributed by atoms with Gasteiger partial charge in [0.1, 0.15) is 0 Å². The number of rotatable bonds is 10. The summed E-state index contributed by atoms with van der Waals surface area (Å²) in [5, 5.41) is 3.80. The van der Waals surface area contributed by atoms with E-state index in [1.165, 1.54) is 24.3 Å². The number of halogens is 1. The predicted octanol–water partition coefficient (Wildman–Crippen LogP) is 5.51. The molecule has 2 amide bonds. The van der Waals surface area contributed by atoms with Gasteiger partial charge in [-0.3, -0.25) is 14.4 Å². The normalized spacial score (nSPS) is 14.8. The third-order valence-electron chi connectivity index (χ3n) is 6.85. The third-order valence-corrected chi connectivity index (χ3v) is 7.08. The SMILES string of the molecule is O=C(COC(=O)c1ccc(N2C(=O)CC(NCCc3cccc(Cl)c3)C2=O)cc1)c1ccc(-c2ccccc2)cc1. The molecule has 1 unspecified atom stereocenters. The van der Waals surface area contributed by atoms with Crippen LogP contribution in [0.5, 0.6) is 0 Å². The molecule has 4 aromatic rings. The molecule has 7 nitrogen and oxygen atoms in total. The van der Waals surface area contributed by atoms with E-state index in [2.05, 4.69) is 5.32 Å². The van der Waals surface area contributed by atoms with Gasteiger partial charge in [0.25, 0.3) is 5.91 Å². The number of nitrogens with zero attached hydrogens (tertiary/aromatic N) is 1. The first-order valence-corrected chi connectivity index (χ1v) is 13.6. The number of nitrogens with one attached hydrogen (secondary N) is 1. The van der Waals surface area contributed by atoms with Crippen LogP contribution in [0.1, 0.15) is 32.7 Å². The zero-order chi connectivity index (χ0) is 28.8. The van der Waals surface area contributed by atoms with Crippen molar-refractivity contribution < 1.29 is 23.9 Å². The van der Waals surface area contributed by atoms with E-state index >= 15 is 0 Å². The Morgan fingerprint density at radius 3 is 2.22 bits per heavy atom. The lowest BCUT2D eigenvalue weighted by Gasteiger charge is -2.16. The van der Waals surface area contributed by atoms with Crippen molar-refractivity contribution in [1.82, 2.24) is 5.32 Å². The minimum absolute atomic E-state index is 0.0482. The molecule has 1 saturated heterocycles. The predicted molar refractivity (Wildman–Crippen MR) is 157 cm³/mol. The van der Waals surface area contributed by atoms with Gasteiger partial charge in [0.05, 0.1) is 23.7 Å². The minimum Gasteiger partial charge on any atom is -0.454 e. The highest BCUT2D eigenvalue weighted by Crippen LogP contribution is 2.24. The smallest absolute Gasteiger partial charge is 0.338 e. The van der Waals surface area contributed by atoms with Gasteiger partial charge < -0.3 is 10.1 Å². The number of carbonyl (C=O) groups excluding carboxylic acids is 4. The summed E-state index contributed by atoms with van der Waals surface area (Å²) in [5.41, 5.74) is 4.06. The average molecular weight is 567 g/mol. The van der Waals surface area contributed by atoms with Crippen molar-refractivity contribution in [3.8, 4) is 11.1 Å². The van der Waals surface area contributed by atoms with Gasteiger partial charge in [-0.2, -0.15) is 0 Å². The second kappa shape index (κ2) is 12.7. The summed E-state index contributed by atoms with van der Waals surface area (Å²) in [7, 11) is 0. The van der Waals surface area contributed by atoms with Crippen molar-refractivity contribution >= 4 is 40.9 Å². The van der Waals surface area contributed by atoms with Gasteiger partial charge in [-0.1, -0.05) is 78.3 Å². The maximum absolute atomic E-state index is 12.9. The first kappa shape index (κ1) is 28.0. The van der Waals surface area contributed by atoms with Crippen molar-refractivity contribution in [3.05, 3.63) is 125 Å². The number of imide groups is 1. The Kier molecular flexibility index (Phi) is 8.67. The quantitative estimate of drug-likeness (QED) is 0.155. The molecule has 1 atom stereocenters. The Hall–Kier alpha value is -4.59.